The summed E-state index contributed by atoms with van der Waals surface area (Å²) in [6.45, 7) is 2.11. The lowest BCUT2D eigenvalue weighted by atomic mass is 9.89. The second-order valence-electron chi connectivity index (χ2n) is 4.79. The third-order valence-electron chi connectivity index (χ3n) is 3.68. The molecule has 1 N–H and O–H groups in total. The van der Waals surface area contributed by atoms with Gasteiger partial charge in [-0.25, -0.2) is 4.98 Å². The van der Waals surface area contributed by atoms with Gasteiger partial charge in [0.25, 0.3) is 0 Å². The highest BCUT2D eigenvalue weighted by Crippen LogP contribution is 2.33. The van der Waals surface area contributed by atoms with E-state index in [9.17, 15) is 0 Å². The third-order valence-corrected chi connectivity index (χ3v) is 3.68. The van der Waals surface area contributed by atoms with Gasteiger partial charge < -0.3 is 9.73 Å². The molecule has 1 aromatic rings. The Kier molecular flexibility index (Phi) is 2.49. The van der Waals surface area contributed by atoms with Gasteiger partial charge in [0.2, 0.25) is 0 Å². The molecule has 0 unspecified atom stereocenters. The molecule has 0 aromatic carbocycles. The SMILES string of the molecule is c1nc(C2CCCCC2)oc1C1CNC1. The number of nitrogens with zero attached hydrogens (tertiary/aromatic N) is 1. The number of rotatable bonds is 2. The molecule has 1 saturated carbocycles. The molecule has 2 heterocycles. The monoisotopic (exact) mass is 206 g/mol. The average Bonchev–Trinajstić information content (AvgIpc) is 2.66. The summed E-state index contributed by atoms with van der Waals surface area (Å²) in [6, 6.07) is 0. The van der Waals surface area contributed by atoms with E-state index in [2.05, 4.69) is 10.3 Å². The van der Waals surface area contributed by atoms with Crippen LogP contribution in [0.25, 0.3) is 0 Å². The summed E-state index contributed by atoms with van der Waals surface area (Å²) in [5.74, 6) is 3.27. The molecule has 2 fully saturated rings. The summed E-state index contributed by atoms with van der Waals surface area (Å²) in [7, 11) is 0. The highest BCUT2D eigenvalue weighted by molar-refractivity contribution is 5.09. The van der Waals surface area contributed by atoms with Crippen LogP contribution < -0.4 is 5.32 Å². The van der Waals surface area contributed by atoms with Gasteiger partial charge in [-0.3, -0.25) is 0 Å². The van der Waals surface area contributed by atoms with Crippen LogP contribution in [0.1, 0.15) is 55.6 Å². The van der Waals surface area contributed by atoms with Crippen molar-refractivity contribution in [1.29, 1.82) is 0 Å². The highest BCUT2D eigenvalue weighted by Gasteiger charge is 2.25. The van der Waals surface area contributed by atoms with Crippen molar-refractivity contribution in [3.63, 3.8) is 0 Å². The number of hydrogen-bond acceptors (Lipinski definition) is 3. The predicted molar refractivity (Wildman–Crippen MR) is 57.9 cm³/mol. The fraction of sp³-hybridized carbons (Fsp3) is 0.750. The first kappa shape index (κ1) is 9.40. The van der Waals surface area contributed by atoms with Gasteiger partial charge >= 0.3 is 0 Å². The first-order chi connectivity index (χ1) is 7.43. The van der Waals surface area contributed by atoms with Crippen LogP contribution in [0.5, 0.6) is 0 Å². The Morgan fingerprint density at radius 3 is 2.60 bits per heavy atom. The van der Waals surface area contributed by atoms with Gasteiger partial charge in [0.05, 0.1) is 6.20 Å². The maximum atomic E-state index is 5.88. The predicted octanol–water partition coefficient (Wildman–Crippen LogP) is 2.41. The molecule has 15 heavy (non-hydrogen) atoms. The minimum absolute atomic E-state index is 0.579. The van der Waals surface area contributed by atoms with Crippen molar-refractivity contribution in [3.8, 4) is 0 Å². The van der Waals surface area contributed by atoms with E-state index in [1.165, 1.54) is 32.1 Å². The second-order valence-corrected chi connectivity index (χ2v) is 4.79. The largest absolute Gasteiger partial charge is 0.445 e. The molecule has 1 saturated heterocycles. The Morgan fingerprint density at radius 2 is 1.93 bits per heavy atom. The van der Waals surface area contributed by atoms with Crippen LogP contribution >= 0.6 is 0 Å². The third kappa shape index (κ3) is 1.81. The Bertz CT molecular complexity index is 324. The van der Waals surface area contributed by atoms with Gasteiger partial charge in [0.1, 0.15) is 5.76 Å². The van der Waals surface area contributed by atoms with E-state index in [1.807, 2.05) is 6.20 Å². The maximum Gasteiger partial charge on any atom is 0.197 e. The molecular weight excluding hydrogens is 188 g/mol. The van der Waals surface area contributed by atoms with E-state index in [0.29, 0.717) is 11.8 Å². The summed E-state index contributed by atoms with van der Waals surface area (Å²) >= 11 is 0. The smallest absolute Gasteiger partial charge is 0.197 e. The molecule has 1 aliphatic heterocycles. The van der Waals surface area contributed by atoms with E-state index < -0.39 is 0 Å². The molecule has 0 amide bonds. The van der Waals surface area contributed by atoms with Gasteiger partial charge in [0.15, 0.2) is 5.89 Å². The van der Waals surface area contributed by atoms with Gasteiger partial charge in [0, 0.05) is 24.9 Å². The zero-order chi connectivity index (χ0) is 10.1. The summed E-state index contributed by atoms with van der Waals surface area (Å²) in [5, 5.41) is 3.26. The molecule has 0 bridgehead atoms. The molecule has 3 nitrogen and oxygen atoms in total. The van der Waals surface area contributed by atoms with Crippen LogP contribution in [-0.2, 0) is 0 Å². The van der Waals surface area contributed by atoms with E-state index in [-0.39, 0.29) is 0 Å². The number of aromatic nitrogens is 1. The molecule has 3 rings (SSSR count). The molecule has 2 aliphatic rings. The molecule has 82 valence electrons. The zero-order valence-corrected chi connectivity index (χ0v) is 9.04. The minimum Gasteiger partial charge on any atom is -0.445 e. The normalized spacial score (nSPS) is 24.0. The lowest BCUT2D eigenvalue weighted by Gasteiger charge is -2.24. The molecule has 1 aliphatic carbocycles. The highest BCUT2D eigenvalue weighted by atomic mass is 16.4. The fourth-order valence-electron chi connectivity index (χ4n) is 2.52. The van der Waals surface area contributed by atoms with Crippen molar-refractivity contribution in [1.82, 2.24) is 10.3 Å². The molecular formula is C12H18N2O. The summed E-state index contributed by atoms with van der Waals surface area (Å²) in [4.78, 5) is 4.45. The minimum atomic E-state index is 0.579. The second kappa shape index (κ2) is 3.97. The van der Waals surface area contributed by atoms with Crippen molar-refractivity contribution >= 4 is 0 Å². The Hall–Kier alpha value is -0.830. The standard InChI is InChI=1S/C12H18N2O/c1-2-4-9(5-3-1)12-14-8-11(15-12)10-6-13-7-10/h8-10,13H,1-7H2. The number of oxazole rings is 1. The van der Waals surface area contributed by atoms with Crippen LogP contribution in [0.3, 0.4) is 0 Å². The van der Waals surface area contributed by atoms with Crippen LogP contribution in [0.15, 0.2) is 10.6 Å². The first-order valence-corrected chi connectivity index (χ1v) is 6.10. The lowest BCUT2D eigenvalue weighted by Crippen LogP contribution is -2.39. The molecule has 3 heteroatoms. The Balaban J connectivity index is 1.71. The molecule has 1 aromatic heterocycles. The molecule has 0 radical (unpaired) electrons. The Morgan fingerprint density at radius 1 is 1.13 bits per heavy atom. The lowest BCUT2D eigenvalue weighted by molar-refractivity contribution is 0.318. The quantitative estimate of drug-likeness (QED) is 0.807. The van der Waals surface area contributed by atoms with Crippen molar-refractivity contribution in [3.05, 3.63) is 17.8 Å². The van der Waals surface area contributed by atoms with Crippen molar-refractivity contribution in [2.24, 2.45) is 0 Å². The van der Waals surface area contributed by atoms with Crippen LogP contribution in [0.2, 0.25) is 0 Å². The fourth-order valence-corrected chi connectivity index (χ4v) is 2.52. The topological polar surface area (TPSA) is 38.1 Å². The van der Waals surface area contributed by atoms with E-state index in [4.69, 9.17) is 4.42 Å². The van der Waals surface area contributed by atoms with Gasteiger partial charge in [-0.2, -0.15) is 0 Å². The molecule has 0 spiro atoms. The first-order valence-electron chi connectivity index (χ1n) is 6.10. The average molecular weight is 206 g/mol. The summed E-state index contributed by atoms with van der Waals surface area (Å²) in [5.41, 5.74) is 0. The van der Waals surface area contributed by atoms with Gasteiger partial charge in [-0.1, -0.05) is 19.3 Å². The van der Waals surface area contributed by atoms with E-state index in [0.717, 1.165) is 24.7 Å². The van der Waals surface area contributed by atoms with Crippen LogP contribution in [-0.4, -0.2) is 18.1 Å². The number of nitrogens with one attached hydrogen (secondary N) is 1. The zero-order valence-electron chi connectivity index (χ0n) is 9.04. The van der Waals surface area contributed by atoms with E-state index >= 15 is 0 Å². The summed E-state index contributed by atoms with van der Waals surface area (Å²) in [6.07, 6.45) is 8.54. The molecule has 0 atom stereocenters. The van der Waals surface area contributed by atoms with Crippen LogP contribution in [0, 0.1) is 0 Å². The maximum absolute atomic E-state index is 5.88. The van der Waals surface area contributed by atoms with Crippen LogP contribution in [0.4, 0.5) is 0 Å². The van der Waals surface area contributed by atoms with Crippen molar-refractivity contribution in [2.75, 3.05) is 13.1 Å². The van der Waals surface area contributed by atoms with Crippen molar-refractivity contribution < 1.29 is 4.42 Å². The Labute approximate surface area is 90.3 Å². The summed E-state index contributed by atoms with van der Waals surface area (Å²) < 4.78 is 5.88. The van der Waals surface area contributed by atoms with E-state index in [1.54, 1.807) is 0 Å². The van der Waals surface area contributed by atoms with Gasteiger partial charge in [-0.05, 0) is 12.8 Å². The number of hydrogen-bond donors (Lipinski definition) is 1. The van der Waals surface area contributed by atoms with Crippen molar-refractivity contribution in [2.45, 2.75) is 43.9 Å². The van der Waals surface area contributed by atoms with Gasteiger partial charge in [-0.15, -0.1) is 0 Å².